The largest absolute Gasteiger partial charge is 0.319 e. The molecular formula is C15H19N3O3S2. The van der Waals surface area contributed by atoms with Crippen molar-refractivity contribution in [3.05, 3.63) is 29.1 Å². The molecule has 2 aromatic rings. The Hall–Kier alpha value is -1.51. The molecule has 0 saturated carbocycles. The summed E-state index contributed by atoms with van der Waals surface area (Å²) in [6.07, 6.45) is 2.27. The molecule has 0 atom stereocenters. The minimum Gasteiger partial charge on any atom is -0.319 e. The lowest BCUT2D eigenvalue weighted by Gasteiger charge is -2.28. The van der Waals surface area contributed by atoms with Crippen LogP contribution in [-0.2, 0) is 21.9 Å². The molecule has 1 aliphatic rings. The molecule has 0 spiro atoms. The first-order valence-corrected chi connectivity index (χ1v) is 10.1. The monoisotopic (exact) mass is 353 g/mol. The molecule has 0 N–H and O–H groups in total. The SMILES string of the molecule is Cn1c(=NC(=O)C2CCN(S(C)(=O)=O)CC2)sc2ccccc21. The van der Waals surface area contributed by atoms with Gasteiger partial charge in [-0.1, -0.05) is 23.5 Å². The van der Waals surface area contributed by atoms with Crippen molar-refractivity contribution in [3.63, 3.8) is 0 Å². The highest BCUT2D eigenvalue weighted by Gasteiger charge is 2.28. The van der Waals surface area contributed by atoms with E-state index in [4.69, 9.17) is 0 Å². The number of carbonyl (C=O) groups excluding carboxylic acids is 1. The topological polar surface area (TPSA) is 71.7 Å². The quantitative estimate of drug-likeness (QED) is 0.818. The predicted molar refractivity (Wildman–Crippen MR) is 90.5 cm³/mol. The summed E-state index contributed by atoms with van der Waals surface area (Å²) in [7, 11) is -1.27. The van der Waals surface area contributed by atoms with Crippen LogP contribution in [-0.4, -0.2) is 42.5 Å². The maximum atomic E-state index is 12.4. The van der Waals surface area contributed by atoms with Gasteiger partial charge in [-0.25, -0.2) is 12.7 Å². The van der Waals surface area contributed by atoms with Crippen LogP contribution in [0.4, 0.5) is 0 Å². The maximum absolute atomic E-state index is 12.4. The van der Waals surface area contributed by atoms with Crippen LogP contribution in [0.2, 0.25) is 0 Å². The molecule has 0 aliphatic carbocycles. The van der Waals surface area contributed by atoms with E-state index in [-0.39, 0.29) is 11.8 Å². The maximum Gasteiger partial charge on any atom is 0.251 e. The number of para-hydroxylation sites is 1. The third-order valence-electron chi connectivity index (χ3n) is 4.19. The molecule has 3 rings (SSSR count). The molecule has 1 aliphatic heterocycles. The highest BCUT2D eigenvalue weighted by Crippen LogP contribution is 2.21. The second-order valence-electron chi connectivity index (χ2n) is 5.80. The molecule has 6 nitrogen and oxygen atoms in total. The second-order valence-corrected chi connectivity index (χ2v) is 8.79. The third-order valence-corrected chi connectivity index (χ3v) is 6.61. The van der Waals surface area contributed by atoms with E-state index in [1.54, 1.807) is 0 Å². The van der Waals surface area contributed by atoms with E-state index < -0.39 is 10.0 Å². The smallest absolute Gasteiger partial charge is 0.251 e. The van der Waals surface area contributed by atoms with E-state index in [0.717, 1.165) is 10.2 Å². The fraction of sp³-hybridized carbons (Fsp3) is 0.467. The van der Waals surface area contributed by atoms with Crippen LogP contribution in [0.5, 0.6) is 0 Å². The third kappa shape index (κ3) is 3.39. The molecule has 1 fully saturated rings. The highest BCUT2D eigenvalue weighted by molar-refractivity contribution is 7.88. The molecule has 124 valence electrons. The number of aromatic nitrogens is 1. The fourth-order valence-electron chi connectivity index (χ4n) is 2.81. The Morgan fingerprint density at radius 2 is 1.91 bits per heavy atom. The van der Waals surface area contributed by atoms with Gasteiger partial charge < -0.3 is 4.57 Å². The Labute approximate surface area is 139 Å². The normalized spacial score (nSPS) is 18.6. The minimum atomic E-state index is -3.17. The van der Waals surface area contributed by atoms with E-state index in [2.05, 4.69) is 4.99 Å². The Bertz CT molecular complexity index is 903. The zero-order chi connectivity index (χ0) is 16.6. The molecule has 0 radical (unpaired) electrons. The Kier molecular flexibility index (Phi) is 4.39. The van der Waals surface area contributed by atoms with Crippen molar-refractivity contribution < 1.29 is 13.2 Å². The molecule has 2 heterocycles. The number of benzene rings is 1. The molecule has 8 heteroatoms. The van der Waals surface area contributed by atoms with E-state index in [1.807, 2.05) is 35.9 Å². The molecular weight excluding hydrogens is 334 g/mol. The summed E-state index contributed by atoms with van der Waals surface area (Å²) in [5, 5.41) is 0. The van der Waals surface area contributed by atoms with E-state index >= 15 is 0 Å². The van der Waals surface area contributed by atoms with Crippen LogP contribution in [0.3, 0.4) is 0 Å². The van der Waals surface area contributed by atoms with Crippen molar-refractivity contribution in [3.8, 4) is 0 Å². The van der Waals surface area contributed by atoms with Crippen molar-refractivity contribution in [2.75, 3.05) is 19.3 Å². The average molecular weight is 353 g/mol. The lowest BCUT2D eigenvalue weighted by Crippen LogP contribution is -2.39. The van der Waals surface area contributed by atoms with Gasteiger partial charge in [0.05, 0.1) is 16.5 Å². The van der Waals surface area contributed by atoms with Crippen LogP contribution >= 0.6 is 11.3 Å². The Morgan fingerprint density at radius 3 is 2.52 bits per heavy atom. The summed E-state index contributed by atoms with van der Waals surface area (Å²) in [5.74, 6) is -0.349. The van der Waals surface area contributed by atoms with Crippen molar-refractivity contribution in [1.82, 2.24) is 8.87 Å². The van der Waals surface area contributed by atoms with Crippen molar-refractivity contribution in [2.45, 2.75) is 12.8 Å². The summed E-state index contributed by atoms with van der Waals surface area (Å²) in [6.45, 7) is 0.784. The van der Waals surface area contributed by atoms with Crippen LogP contribution in [0, 0.1) is 5.92 Å². The van der Waals surface area contributed by atoms with Gasteiger partial charge in [-0.15, -0.1) is 0 Å². The average Bonchev–Trinajstić information content (AvgIpc) is 2.83. The second kappa shape index (κ2) is 6.18. The van der Waals surface area contributed by atoms with E-state index in [0.29, 0.717) is 30.7 Å². The van der Waals surface area contributed by atoms with Gasteiger partial charge in [0, 0.05) is 26.1 Å². The van der Waals surface area contributed by atoms with Crippen LogP contribution in [0.15, 0.2) is 29.3 Å². The molecule has 23 heavy (non-hydrogen) atoms. The van der Waals surface area contributed by atoms with Gasteiger partial charge in [0.15, 0.2) is 4.80 Å². The number of rotatable bonds is 2. The van der Waals surface area contributed by atoms with Gasteiger partial charge in [-0.3, -0.25) is 4.79 Å². The van der Waals surface area contributed by atoms with Gasteiger partial charge in [0.2, 0.25) is 10.0 Å². The zero-order valence-electron chi connectivity index (χ0n) is 13.1. The summed E-state index contributed by atoms with van der Waals surface area (Å²) < 4.78 is 27.5. The fourth-order valence-corrected chi connectivity index (χ4v) is 4.71. The zero-order valence-corrected chi connectivity index (χ0v) is 14.7. The van der Waals surface area contributed by atoms with Crippen molar-refractivity contribution >= 4 is 37.5 Å². The standard InChI is InChI=1S/C15H19N3O3S2/c1-17-12-5-3-4-6-13(12)22-15(17)16-14(19)11-7-9-18(10-8-11)23(2,20)21/h3-6,11H,7-10H2,1-2H3. The number of piperidine rings is 1. The molecule has 1 aromatic heterocycles. The first-order valence-electron chi connectivity index (χ1n) is 7.44. The van der Waals surface area contributed by atoms with Crippen LogP contribution in [0.1, 0.15) is 12.8 Å². The number of thiazole rings is 1. The predicted octanol–water partition coefficient (Wildman–Crippen LogP) is 1.34. The van der Waals surface area contributed by atoms with Gasteiger partial charge in [-0.2, -0.15) is 4.99 Å². The molecule has 0 bridgehead atoms. The number of sulfonamides is 1. The lowest BCUT2D eigenvalue weighted by atomic mass is 9.98. The number of hydrogen-bond acceptors (Lipinski definition) is 4. The van der Waals surface area contributed by atoms with Gasteiger partial charge in [0.1, 0.15) is 0 Å². The lowest BCUT2D eigenvalue weighted by molar-refractivity contribution is -0.122. The molecule has 1 amide bonds. The first-order chi connectivity index (χ1) is 10.9. The summed E-state index contributed by atoms with van der Waals surface area (Å²) in [5.41, 5.74) is 1.05. The number of fused-ring (bicyclic) bond motifs is 1. The van der Waals surface area contributed by atoms with Gasteiger partial charge in [-0.05, 0) is 25.0 Å². The van der Waals surface area contributed by atoms with Crippen molar-refractivity contribution in [2.24, 2.45) is 18.0 Å². The Balaban J connectivity index is 1.80. The van der Waals surface area contributed by atoms with E-state index in [1.165, 1.54) is 21.9 Å². The van der Waals surface area contributed by atoms with E-state index in [9.17, 15) is 13.2 Å². The Morgan fingerprint density at radius 1 is 1.26 bits per heavy atom. The number of hydrogen-bond donors (Lipinski definition) is 0. The van der Waals surface area contributed by atoms with Crippen LogP contribution < -0.4 is 4.80 Å². The number of carbonyl (C=O) groups is 1. The highest BCUT2D eigenvalue weighted by atomic mass is 32.2. The molecule has 1 aromatic carbocycles. The summed E-state index contributed by atoms with van der Waals surface area (Å²) >= 11 is 1.49. The molecule has 1 saturated heterocycles. The van der Waals surface area contributed by atoms with Gasteiger partial charge >= 0.3 is 0 Å². The van der Waals surface area contributed by atoms with Gasteiger partial charge in [0.25, 0.3) is 5.91 Å². The van der Waals surface area contributed by atoms with Crippen LogP contribution in [0.25, 0.3) is 10.2 Å². The summed E-state index contributed by atoms with van der Waals surface area (Å²) in [4.78, 5) is 17.4. The molecule has 0 unspecified atom stereocenters. The number of amides is 1. The first kappa shape index (κ1) is 16.4. The minimum absolute atomic E-state index is 0.152. The summed E-state index contributed by atoms with van der Waals surface area (Å²) in [6, 6.07) is 7.93. The number of nitrogens with zero attached hydrogens (tertiary/aromatic N) is 3. The van der Waals surface area contributed by atoms with Crippen molar-refractivity contribution in [1.29, 1.82) is 0 Å². The number of aryl methyl sites for hydroxylation is 1.